The van der Waals surface area contributed by atoms with Crippen LogP contribution in [0.5, 0.6) is 0 Å². The molecule has 0 saturated heterocycles. The second-order valence-corrected chi connectivity index (χ2v) is 5.18. The van der Waals surface area contributed by atoms with Gasteiger partial charge in [0.15, 0.2) is 0 Å². The van der Waals surface area contributed by atoms with Gasteiger partial charge in [0, 0.05) is 28.8 Å². The molecule has 0 radical (unpaired) electrons. The summed E-state index contributed by atoms with van der Waals surface area (Å²) in [6.07, 6.45) is 1.83. The van der Waals surface area contributed by atoms with Crippen LogP contribution < -0.4 is 5.32 Å². The van der Waals surface area contributed by atoms with Crippen LogP contribution in [0, 0.1) is 6.92 Å². The number of rotatable bonds is 3. The molecule has 0 bridgehead atoms. The zero-order valence-electron chi connectivity index (χ0n) is 11.2. The predicted molar refractivity (Wildman–Crippen MR) is 85.3 cm³/mol. The van der Waals surface area contributed by atoms with Gasteiger partial charge in [-0.25, -0.2) is 0 Å². The van der Waals surface area contributed by atoms with Gasteiger partial charge in [-0.05, 0) is 42.3 Å². The highest BCUT2D eigenvalue weighted by molar-refractivity contribution is 6.31. The normalized spacial score (nSPS) is 10.7. The molecule has 0 unspecified atom stereocenters. The van der Waals surface area contributed by atoms with Crippen molar-refractivity contribution in [1.82, 2.24) is 4.98 Å². The Balaban J connectivity index is 1.92. The van der Waals surface area contributed by atoms with E-state index in [1.54, 1.807) is 0 Å². The molecule has 3 rings (SSSR count). The smallest absolute Gasteiger partial charge is 0.0751 e. The number of nitrogens with one attached hydrogen (secondary N) is 1. The van der Waals surface area contributed by atoms with Crippen LogP contribution in [-0.4, -0.2) is 4.98 Å². The van der Waals surface area contributed by atoms with Crippen LogP contribution in [0.4, 0.5) is 5.69 Å². The summed E-state index contributed by atoms with van der Waals surface area (Å²) >= 11 is 6.18. The molecule has 1 aromatic heterocycles. The third kappa shape index (κ3) is 2.47. The molecule has 0 fully saturated rings. The summed E-state index contributed by atoms with van der Waals surface area (Å²) < 4.78 is 0. The molecule has 0 aliphatic heterocycles. The van der Waals surface area contributed by atoms with Crippen molar-refractivity contribution < 1.29 is 0 Å². The van der Waals surface area contributed by atoms with Crippen molar-refractivity contribution in [3.63, 3.8) is 0 Å². The molecule has 0 saturated carbocycles. The molecule has 0 aliphatic rings. The van der Waals surface area contributed by atoms with Gasteiger partial charge < -0.3 is 5.32 Å². The minimum atomic E-state index is 0.701. The van der Waals surface area contributed by atoms with Crippen molar-refractivity contribution in [1.29, 1.82) is 0 Å². The first-order valence-corrected chi connectivity index (χ1v) is 6.95. The Morgan fingerprint density at radius 1 is 1.05 bits per heavy atom. The van der Waals surface area contributed by atoms with Crippen molar-refractivity contribution in [3.05, 3.63) is 70.9 Å². The van der Waals surface area contributed by atoms with E-state index in [0.717, 1.165) is 27.2 Å². The average molecular weight is 283 g/mol. The third-order valence-corrected chi connectivity index (χ3v) is 3.77. The predicted octanol–water partition coefficient (Wildman–Crippen LogP) is 4.81. The maximum Gasteiger partial charge on any atom is 0.0751 e. The topological polar surface area (TPSA) is 24.9 Å². The van der Waals surface area contributed by atoms with Crippen LogP contribution in [0.3, 0.4) is 0 Å². The maximum absolute atomic E-state index is 6.18. The van der Waals surface area contributed by atoms with Crippen molar-refractivity contribution in [2.75, 3.05) is 5.32 Å². The molecule has 0 amide bonds. The standard InChI is InChI=1S/C17H15ClN2/c1-12-8-9-16(14-6-4-10-19-17(12)14)20-11-13-5-2-3-7-15(13)18/h2-10,20H,11H2,1H3. The van der Waals surface area contributed by atoms with E-state index in [0.29, 0.717) is 6.54 Å². The molecule has 0 atom stereocenters. The Hall–Kier alpha value is -2.06. The minimum absolute atomic E-state index is 0.701. The van der Waals surface area contributed by atoms with Gasteiger partial charge in [-0.15, -0.1) is 0 Å². The largest absolute Gasteiger partial charge is 0.380 e. The summed E-state index contributed by atoms with van der Waals surface area (Å²) in [4.78, 5) is 4.45. The number of pyridine rings is 1. The molecule has 2 aromatic carbocycles. The Morgan fingerprint density at radius 2 is 1.90 bits per heavy atom. The Morgan fingerprint density at radius 3 is 2.75 bits per heavy atom. The van der Waals surface area contributed by atoms with Gasteiger partial charge in [0.05, 0.1) is 5.52 Å². The van der Waals surface area contributed by atoms with Crippen molar-refractivity contribution >= 4 is 28.2 Å². The summed E-state index contributed by atoms with van der Waals surface area (Å²) in [6.45, 7) is 2.78. The van der Waals surface area contributed by atoms with Crippen LogP contribution in [-0.2, 0) is 6.54 Å². The van der Waals surface area contributed by atoms with E-state index >= 15 is 0 Å². The van der Waals surface area contributed by atoms with Crippen LogP contribution in [0.2, 0.25) is 5.02 Å². The number of nitrogens with zero attached hydrogens (tertiary/aromatic N) is 1. The second kappa shape index (κ2) is 5.51. The third-order valence-electron chi connectivity index (χ3n) is 3.40. The highest BCUT2D eigenvalue weighted by Crippen LogP contribution is 2.25. The van der Waals surface area contributed by atoms with Gasteiger partial charge in [0.2, 0.25) is 0 Å². The first-order chi connectivity index (χ1) is 9.75. The van der Waals surface area contributed by atoms with Crippen molar-refractivity contribution in [2.24, 2.45) is 0 Å². The van der Waals surface area contributed by atoms with E-state index in [4.69, 9.17) is 11.6 Å². The molecule has 3 aromatic rings. The first kappa shape index (κ1) is 12.9. The SMILES string of the molecule is Cc1ccc(NCc2ccccc2Cl)c2cccnc12. The van der Waals surface area contributed by atoms with E-state index in [-0.39, 0.29) is 0 Å². The Kier molecular flexibility index (Phi) is 3.57. The summed E-state index contributed by atoms with van der Waals surface area (Å²) in [5.41, 5.74) is 4.39. The fourth-order valence-electron chi connectivity index (χ4n) is 2.30. The number of hydrogen-bond acceptors (Lipinski definition) is 2. The summed E-state index contributed by atoms with van der Waals surface area (Å²) in [5, 5.41) is 5.37. The summed E-state index contributed by atoms with van der Waals surface area (Å²) in [6, 6.07) is 16.1. The highest BCUT2D eigenvalue weighted by Gasteiger charge is 2.05. The molecule has 1 N–H and O–H groups in total. The molecule has 1 heterocycles. The van der Waals surface area contributed by atoms with Gasteiger partial charge in [0.1, 0.15) is 0 Å². The zero-order valence-corrected chi connectivity index (χ0v) is 12.0. The van der Waals surface area contributed by atoms with Gasteiger partial charge in [-0.3, -0.25) is 4.98 Å². The quantitative estimate of drug-likeness (QED) is 0.746. The van der Waals surface area contributed by atoms with E-state index in [2.05, 4.69) is 35.4 Å². The van der Waals surface area contributed by atoms with E-state index in [9.17, 15) is 0 Å². The fraction of sp³-hybridized carbons (Fsp3) is 0.118. The lowest BCUT2D eigenvalue weighted by Crippen LogP contribution is -2.01. The zero-order chi connectivity index (χ0) is 13.9. The fourth-order valence-corrected chi connectivity index (χ4v) is 2.50. The first-order valence-electron chi connectivity index (χ1n) is 6.57. The minimum Gasteiger partial charge on any atom is -0.380 e. The molecular weight excluding hydrogens is 268 g/mol. The monoisotopic (exact) mass is 282 g/mol. The van der Waals surface area contributed by atoms with Crippen molar-refractivity contribution in [2.45, 2.75) is 13.5 Å². The van der Waals surface area contributed by atoms with Gasteiger partial charge >= 0.3 is 0 Å². The average Bonchev–Trinajstić information content (AvgIpc) is 2.48. The van der Waals surface area contributed by atoms with Gasteiger partial charge in [-0.2, -0.15) is 0 Å². The molecule has 3 heteroatoms. The lowest BCUT2D eigenvalue weighted by molar-refractivity contribution is 1.15. The number of anilines is 1. The molecule has 0 spiro atoms. The lowest BCUT2D eigenvalue weighted by Gasteiger charge is -2.11. The number of benzene rings is 2. The number of fused-ring (bicyclic) bond motifs is 1. The summed E-state index contributed by atoms with van der Waals surface area (Å²) in [5.74, 6) is 0. The molecule has 0 aliphatic carbocycles. The lowest BCUT2D eigenvalue weighted by atomic mass is 10.1. The van der Waals surface area contributed by atoms with Crippen LogP contribution in [0.1, 0.15) is 11.1 Å². The van der Waals surface area contributed by atoms with Crippen LogP contribution in [0.15, 0.2) is 54.7 Å². The molecule has 2 nitrogen and oxygen atoms in total. The second-order valence-electron chi connectivity index (χ2n) is 4.77. The molecular formula is C17H15ClN2. The Bertz CT molecular complexity index is 753. The van der Waals surface area contributed by atoms with E-state index in [1.807, 2.05) is 36.5 Å². The summed E-state index contributed by atoms with van der Waals surface area (Å²) in [7, 11) is 0. The molecule has 20 heavy (non-hydrogen) atoms. The number of aromatic nitrogens is 1. The molecule has 100 valence electrons. The van der Waals surface area contributed by atoms with Crippen molar-refractivity contribution in [3.8, 4) is 0 Å². The van der Waals surface area contributed by atoms with E-state index in [1.165, 1.54) is 5.56 Å². The number of aryl methyl sites for hydroxylation is 1. The number of hydrogen-bond donors (Lipinski definition) is 1. The van der Waals surface area contributed by atoms with Crippen LogP contribution >= 0.6 is 11.6 Å². The highest BCUT2D eigenvalue weighted by atomic mass is 35.5. The van der Waals surface area contributed by atoms with E-state index < -0.39 is 0 Å². The van der Waals surface area contributed by atoms with Gasteiger partial charge in [0.25, 0.3) is 0 Å². The number of halogens is 1. The maximum atomic E-state index is 6.18. The Labute approximate surface area is 123 Å². The van der Waals surface area contributed by atoms with Gasteiger partial charge in [-0.1, -0.05) is 35.9 Å². The van der Waals surface area contributed by atoms with Crippen LogP contribution in [0.25, 0.3) is 10.9 Å².